The molecule has 0 aliphatic carbocycles. The predicted molar refractivity (Wildman–Crippen MR) is 110 cm³/mol. The maximum absolute atomic E-state index is 12.9. The summed E-state index contributed by atoms with van der Waals surface area (Å²) in [5, 5.41) is 4.45. The van der Waals surface area contributed by atoms with Crippen molar-refractivity contribution in [1.82, 2.24) is 14.9 Å². The predicted octanol–water partition coefficient (Wildman–Crippen LogP) is 3.73. The van der Waals surface area contributed by atoms with Crippen molar-refractivity contribution in [2.45, 2.75) is 26.0 Å². The summed E-state index contributed by atoms with van der Waals surface area (Å²) in [7, 11) is 0. The highest BCUT2D eigenvalue weighted by Crippen LogP contribution is 2.30. The van der Waals surface area contributed by atoms with Crippen LogP contribution in [0.2, 0.25) is 0 Å². The average Bonchev–Trinajstić information content (AvgIpc) is 2.93. The summed E-state index contributed by atoms with van der Waals surface area (Å²) in [6, 6.07) is 11.8. The number of rotatable bonds is 4. The largest absolute Gasteiger partial charge is 0.487 e. The van der Waals surface area contributed by atoms with Crippen LogP contribution in [-0.4, -0.2) is 16.1 Å². The molecule has 6 nitrogen and oxygen atoms in total. The first-order chi connectivity index (χ1) is 14.7. The van der Waals surface area contributed by atoms with E-state index in [1.165, 1.54) is 17.7 Å². The van der Waals surface area contributed by atoms with E-state index in [9.17, 15) is 9.18 Å². The Balaban J connectivity index is 1.41. The molecular formula is C23H20FN3O3. The molecule has 0 unspecified atom stereocenters. The van der Waals surface area contributed by atoms with Crippen molar-refractivity contribution < 1.29 is 13.5 Å². The fourth-order valence-electron chi connectivity index (χ4n) is 3.73. The van der Waals surface area contributed by atoms with Gasteiger partial charge in [0.15, 0.2) is 0 Å². The number of benzene rings is 1. The molecule has 0 amide bonds. The molecular weight excluding hydrogens is 385 g/mol. The zero-order valence-corrected chi connectivity index (χ0v) is 16.2. The van der Waals surface area contributed by atoms with E-state index in [4.69, 9.17) is 9.15 Å². The Labute approximate surface area is 171 Å². The van der Waals surface area contributed by atoms with Crippen LogP contribution in [0.15, 0.2) is 64.1 Å². The Morgan fingerprint density at radius 1 is 1.20 bits per heavy atom. The lowest BCUT2D eigenvalue weighted by Crippen LogP contribution is -2.17. The summed E-state index contributed by atoms with van der Waals surface area (Å²) in [5.74, 6) is 1.06. The van der Waals surface area contributed by atoms with E-state index in [0.717, 1.165) is 54.5 Å². The third-order valence-electron chi connectivity index (χ3n) is 5.26. The number of hydrogen-bond acceptors (Lipinski definition) is 5. The normalized spacial score (nSPS) is 13.8. The van der Waals surface area contributed by atoms with Gasteiger partial charge in [0.2, 0.25) is 0 Å². The molecule has 0 radical (unpaired) electrons. The van der Waals surface area contributed by atoms with E-state index in [-0.39, 0.29) is 12.2 Å². The van der Waals surface area contributed by atoms with Crippen molar-refractivity contribution in [3.63, 3.8) is 0 Å². The SMILES string of the molecule is O=c1cc(OCc2ccc(F)cn2)ccn1-c1ccc2oc3c(c2c1)CNCCC3. The minimum Gasteiger partial charge on any atom is -0.487 e. The van der Waals surface area contributed by atoms with E-state index in [2.05, 4.69) is 10.3 Å². The summed E-state index contributed by atoms with van der Waals surface area (Å²) >= 11 is 0. The number of nitrogens with zero attached hydrogens (tertiary/aromatic N) is 2. The van der Waals surface area contributed by atoms with Crippen LogP contribution < -0.4 is 15.6 Å². The molecule has 3 aromatic heterocycles. The molecule has 4 heterocycles. The van der Waals surface area contributed by atoms with Gasteiger partial charge in [-0.05, 0) is 49.4 Å². The highest BCUT2D eigenvalue weighted by molar-refractivity contribution is 5.84. The van der Waals surface area contributed by atoms with Crippen LogP contribution in [0.1, 0.15) is 23.4 Å². The summed E-state index contributed by atoms with van der Waals surface area (Å²) in [6.07, 6.45) is 4.79. The highest BCUT2D eigenvalue weighted by Gasteiger charge is 2.17. The molecule has 7 heteroatoms. The minimum absolute atomic E-state index is 0.157. The Hall–Kier alpha value is -3.45. The van der Waals surface area contributed by atoms with Gasteiger partial charge in [-0.2, -0.15) is 0 Å². The molecule has 4 aromatic rings. The molecule has 152 valence electrons. The zero-order chi connectivity index (χ0) is 20.5. The number of nitrogens with one attached hydrogen (secondary N) is 1. The van der Waals surface area contributed by atoms with Gasteiger partial charge in [0.25, 0.3) is 5.56 Å². The first-order valence-electron chi connectivity index (χ1n) is 9.89. The zero-order valence-electron chi connectivity index (χ0n) is 16.2. The smallest absolute Gasteiger partial charge is 0.258 e. The molecule has 1 aromatic carbocycles. The second-order valence-corrected chi connectivity index (χ2v) is 7.29. The molecule has 1 aliphatic heterocycles. The van der Waals surface area contributed by atoms with Gasteiger partial charge in [-0.3, -0.25) is 14.3 Å². The van der Waals surface area contributed by atoms with Gasteiger partial charge in [-0.1, -0.05) is 0 Å². The number of pyridine rings is 2. The van der Waals surface area contributed by atoms with Gasteiger partial charge in [0.1, 0.15) is 29.5 Å². The van der Waals surface area contributed by atoms with E-state index in [1.807, 2.05) is 18.2 Å². The summed E-state index contributed by atoms with van der Waals surface area (Å²) < 4.78 is 26.2. The van der Waals surface area contributed by atoms with E-state index in [0.29, 0.717) is 11.4 Å². The number of hydrogen-bond donors (Lipinski definition) is 1. The molecule has 0 spiro atoms. The van der Waals surface area contributed by atoms with Gasteiger partial charge in [-0.25, -0.2) is 4.39 Å². The molecule has 0 saturated carbocycles. The fourth-order valence-corrected chi connectivity index (χ4v) is 3.73. The molecule has 0 bridgehead atoms. The number of ether oxygens (including phenoxy) is 1. The Morgan fingerprint density at radius 2 is 2.13 bits per heavy atom. The number of fused-ring (bicyclic) bond motifs is 3. The Kier molecular flexibility index (Phi) is 4.80. The van der Waals surface area contributed by atoms with Crippen LogP contribution >= 0.6 is 0 Å². The monoisotopic (exact) mass is 405 g/mol. The average molecular weight is 405 g/mol. The van der Waals surface area contributed by atoms with Crippen LogP contribution in [0.5, 0.6) is 5.75 Å². The van der Waals surface area contributed by atoms with Crippen LogP contribution in [0, 0.1) is 5.82 Å². The lowest BCUT2D eigenvalue weighted by molar-refractivity contribution is 0.300. The first-order valence-corrected chi connectivity index (χ1v) is 9.89. The van der Waals surface area contributed by atoms with Gasteiger partial charge < -0.3 is 14.5 Å². The van der Waals surface area contributed by atoms with Crippen LogP contribution in [0.4, 0.5) is 4.39 Å². The van der Waals surface area contributed by atoms with Crippen LogP contribution in [0.3, 0.4) is 0 Å². The molecule has 0 fully saturated rings. The lowest BCUT2D eigenvalue weighted by Gasteiger charge is -2.09. The maximum Gasteiger partial charge on any atom is 0.258 e. The highest BCUT2D eigenvalue weighted by atomic mass is 19.1. The van der Waals surface area contributed by atoms with E-state index >= 15 is 0 Å². The van der Waals surface area contributed by atoms with Gasteiger partial charge in [-0.15, -0.1) is 0 Å². The fraction of sp³-hybridized carbons (Fsp3) is 0.217. The second kappa shape index (κ2) is 7.76. The number of furan rings is 1. The number of aromatic nitrogens is 2. The van der Waals surface area contributed by atoms with Crippen molar-refractivity contribution in [3.8, 4) is 11.4 Å². The molecule has 5 rings (SSSR count). The van der Waals surface area contributed by atoms with E-state index < -0.39 is 5.82 Å². The van der Waals surface area contributed by atoms with Crippen molar-refractivity contribution >= 4 is 11.0 Å². The Morgan fingerprint density at radius 3 is 2.97 bits per heavy atom. The van der Waals surface area contributed by atoms with Crippen molar-refractivity contribution in [1.29, 1.82) is 0 Å². The summed E-state index contributed by atoms with van der Waals surface area (Å²) in [6.45, 7) is 1.90. The van der Waals surface area contributed by atoms with Gasteiger partial charge in [0.05, 0.1) is 11.9 Å². The standard InChI is InChI=1S/C23H20FN3O3/c24-15-3-4-16(26-12-15)14-29-18-7-9-27(23(28)11-18)17-5-6-22-19(10-17)20-13-25-8-1-2-21(20)30-22/h3-7,9-12,25H,1-2,8,13-14H2. The molecule has 0 saturated heterocycles. The quantitative estimate of drug-likeness (QED) is 0.560. The van der Waals surface area contributed by atoms with E-state index in [1.54, 1.807) is 22.9 Å². The third kappa shape index (κ3) is 3.59. The van der Waals surface area contributed by atoms with Crippen LogP contribution in [-0.2, 0) is 19.6 Å². The summed E-state index contributed by atoms with van der Waals surface area (Å²) in [4.78, 5) is 16.6. The first kappa shape index (κ1) is 18.6. The van der Waals surface area contributed by atoms with Crippen LogP contribution in [0.25, 0.3) is 16.7 Å². The second-order valence-electron chi connectivity index (χ2n) is 7.29. The van der Waals surface area contributed by atoms with Crippen molar-refractivity contribution in [2.75, 3.05) is 6.54 Å². The molecule has 1 aliphatic rings. The number of aryl methyl sites for hydroxylation is 1. The van der Waals surface area contributed by atoms with Gasteiger partial charge >= 0.3 is 0 Å². The molecule has 30 heavy (non-hydrogen) atoms. The molecule has 0 atom stereocenters. The topological polar surface area (TPSA) is 69.3 Å². The van der Waals surface area contributed by atoms with Gasteiger partial charge in [0, 0.05) is 41.9 Å². The number of halogens is 1. The van der Waals surface area contributed by atoms with Crippen molar-refractivity contribution in [2.24, 2.45) is 0 Å². The molecule has 1 N–H and O–H groups in total. The van der Waals surface area contributed by atoms with Crippen molar-refractivity contribution in [3.05, 3.63) is 88.0 Å². The lowest BCUT2D eigenvalue weighted by atomic mass is 10.1. The minimum atomic E-state index is -0.399. The Bertz CT molecular complexity index is 1260. The maximum atomic E-state index is 12.9. The summed E-state index contributed by atoms with van der Waals surface area (Å²) in [5.41, 5.74) is 3.16. The third-order valence-corrected chi connectivity index (χ3v) is 5.26.